The molecule has 0 rings (SSSR count). The number of hydrogen-bond acceptors (Lipinski definition) is 5. The van der Waals surface area contributed by atoms with Crippen LogP contribution in [0.4, 0.5) is 0 Å². The Kier molecular flexibility index (Phi) is 35.6. The van der Waals surface area contributed by atoms with E-state index in [1.807, 2.05) is 0 Å². The van der Waals surface area contributed by atoms with Crippen LogP contribution in [0.1, 0.15) is 181 Å². The summed E-state index contributed by atoms with van der Waals surface area (Å²) in [7, 11) is 0. The number of esters is 2. The average molecular weight is 645 g/mol. The Morgan fingerprint density at radius 2 is 0.870 bits per heavy atom. The van der Waals surface area contributed by atoms with Gasteiger partial charge in [0.25, 0.3) is 0 Å². The highest BCUT2D eigenvalue weighted by Gasteiger charge is 2.16. The first-order valence-electron chi connectivity index (χ1n) is 19.2. The molecule has 0 aromatic rings. The van der Waals surface area contributed by atoms with E-state index in [1.165, 1.54) is 83.5 Å². The van der Waals surface area contributed by atoms with Crippen molar-refractivity contribution in [2.45, 2.75) is 187 Å². The summed E-state index contributed by atoms with van der Waals surface area (Å²) in [5.41, 5.74) is 0. The molecule has 266 valence electrons. The summed E-state index contributed by atoms with van der Waals surface area (Å²) in [5, 5.41) is 9.54. The molecular weight excluding hydrogens is 572 g/mol. The zero-order valence-electron chi connectivity index (χ0n) is 30.1. The average Bonchev–Trinajstić information content (AvgIpc) is 3.06. The first kappa shape index (κ1) is 43.9. The van der Waals surface area contributed by atoms with Gasteiger partial charge in [-0.05, 0) is 77.0 Å². The molecule has 0 aliphatic carbocycles. The molecule has 0 aromatic heterocycles. The number of aliphatic hydroxyl groups excluding tert-OH is 1. The molecule has 0 unspecified atom stereocenters. The normalized spacial score (nSPS) is 12.7. The van der Waals surface area contributed by atoms with Gasteiger partial charge in [-0.3, -0.25) is 9.59 Å². The predicted molar refractivity (Wildman–Crippen MR) is 196 cm³/mol. The van der Waals surface area contributed by atoms with Gasteiger partial charge < -0.3 is 14.6 Å². The van der Waals surface area contributed by atoms with Crippen LogP contribution >= 0.6 is 0 Å². The van der Waals surface area contributed by atoms with Crippen molar-refractivity contribution in [3.63, 3.8) is 0 Å². The molecule has 5 nitrogen and oxygen atoms in total. The molecule has 0 saturated carbocycles. The van der Waals surface area contributed by atoms with Crippen LogP contribution < -0.4 is 0 Å². The number of carbonyl (C=O) groups excluding carboxylic acids is 2. The van der Waals surface area contributed by atoms with Crippen LogP contribution in [-0.4, -0.2) is 36.4 Å². The van der Waals surface area contributed by atoms with E-state index in [9.17, 15) is 14.7 Å². The largest absolute Gasteiger partial charge is 0.462 e. The minimum absolute atomic E-state index is 0.0814. The van der Waals surface area contributed by atoms with Gasteiger partial charge in [-0.25, -0.2) is 0 Å². The van der Waals surface area contributed by atoms with Crippen LogP contribution in [0, 0.1) is 0 Å². The third-order valence-corrected chi connectivity index (χ3v) is 8.10. The number of unbranched alkanes of at least 4 members (excludes halogenated alkanes) is 18. The highest BCUT2D eigenvalue weighted by atomic mass is 16.6. The Labute approximate surface area is 284 Å². The van der Waals surface area contributed by atoms with Crippen LogP contribution in [0.2, 0.25) is 0 Å². The Morgan fingerprint density at radius 3 is 1.37 bits per heavy atom. The molecule has 46 heavy (non-hydrogen) atoms. The molecule has 0 heterocycles. The molecule has 5 heteroatoms. The summed E-state index contributed by atoms with van der Waals surface area (Å²) in [6, 6.07) is 0. The van der Waals surface area contributed by atoms with Crippen molar-refractivity contribution in [2.75, 3.05) is 13.2 Å². The minimum Gasteiger partial charge on any atom is -0.462 e. The van der Waals surface area contributed by atoms with E-state index in [2.05, 4.69) is 62.5 Å². The molecule has 0 aliphatic rings. The standard InChI is InChI=1S/C41H72O5/c1-3-5-7-9-11-13-15-17-19-20-22-23-25-27-29-31-33-35-40(43)45-38-39(37-42)46-41(44)36-34-32-30-28-26-24-21-18-16-14-12-10-8-6-4-2/h11,13,17-19,21-23,39,42H,3-10,12,14-16,20,24-38H2,1-2H3/t39-/m0/s1. The van der Waals surface area contributed by atoms with Crippen molar-refractivity contribution in [1.29, 1.82) is 0 Å². The van der Waals surface area contributed by atoms with Crippen LogP contribution in [0.15, 0.2) is 48.6 Å². The van der Waals surface area contributed by atoms with Crippen molar-refractivity contribution < 1.29 is 24.2 Å². The Morgan fingerprint density at radius 1 is 0.500 bits per heavy atom. The van der Waals surface area contributed by atoms with E-state index >= 15 is 0 Å². The maximum absolute atomic E-state index is 12.1. The fourth-order valence-electron chi connectivity index (χ4n) is 5.14. The Bertz CT molecular complexity index is 782. The second-order valence-electron chi connectivity index (χ2n) is 12.6. The summed E-state index contributed by atoms with van der Waals surface area (Å²) in [5.74, 6) is -0.627. The van der Waals surface area contributed by atoms with E-state index in [0.717, 1.165) is 70.6 Å². The molecule has 0 amide bonds. The van der Waals surface area contributed by atoms with E-state index in [0.29, 0.717) is 12.8 Å². The lowest BCUT2D eigenvalue weighted by molar-refractivity contribution is -0.161. The SMILES string of the molecule is CCCCCC=CCC=CCC=CCCCCCCC(=O)OC[C@H](CO)OC(=O)CCCCCCCC=CCCCCCCCC. The summed E-state index contributed by atoms with van der Waals surface area (Å²) >= 11 is 0. The van der Waals surface area contributed by atoms with Crippen molar-refractivity contribution in [3.05, 3.63) is 48.6 Å². The van der Waals surface area contributed by atoms with Gasteiger partial charge in [0.15, 0.2) is 6.10 Å². The topological polar surface area (TPSA) is 72.8 Å². The molecule has 0 saturated heterocycles. The summed E-state index contributed by atoms with van der Waals surface area (Å²) in [4.78, 5) is 24.2. The lowest BCUT2D eigenvalue weighted by atomic mass is 10.1. The number of rotatable bonds is 34. The first-order valence-corrected chi connectivity index (χ1v) is 19.2. The molecule has 0 aromatic carbocycles. The number of hydrogen-bond donors (Lipinski definition) is 1. The third kappa shape index (κ3) is 34.7. The van der Waals surface area contributed by atoms with Crippen molar-refractivity contribution in [2.24, 2.45) is 0 Å². The molecule has 0 bridgehead atoms. The smallest absolute Gasteiger partial charge is 0.306 e. The second kappa shape index (κ2) is 37.3. The van der Waals surface area contributed by atoms with E-state index in [-0.39, 0.29) is 25.2 Å². The van der Waals surface area contributed by atoms with Gasteiger partial charge in [-0.2, -0.15) is 0 Å². The second-order valence-corrected chi connectivity index (χ2v) is 12.6. The van der Waals surface area contributed by atoms with Gasteiger partial charge in [-0.1, -0.05) is 140 Å². The van der Waals surface area contributed by atoms with Crippen LogP contribution in [0.5, 0.6) is 0 Å². The highest BCUT2D eigenvalue weighted by Crippen LogP contribution is 2.12. The van der Waals surface area contributed by atoms with Gasteiger partial charge >= 0.3 is 11.9 Å². The lowest BCUT2D eigenvalue weighted by Gasteiger charge is -2.15. The Hall–Kier alpha value is -2.14. The van der Waals surface area contributed by atoms with Gasteiger partial charge in [0.1, 0.15) is 6.61 Å². The van der Waals surface area contributed by atoms with Gasteiger partial charge in [0.05, 0.1) is 6.61 Å². The van der Waals surface area contributed by atoms with Gasteiger partial charge in [0.2, 0.25) is 0 Å². The minimum atomic E-state index is -0.784. The summed E-state index contributed by atoms with van der Waals surface area (Å²) in [6.07, 6.45) is 45.9. The van der Waals surface area contributed by atoms with E-state index < -0.39 is 6.10 Å². The summed E-state index contributed by atoms with van der Waals surface area (Å²) < 4.78 is 10.6. The fraction of sp³-hybridized carbons (Fsp3) is 0.756. The molecule has 0 radical (unpaired) electrons. The molecule has 0 fully saturated rings. The molecular formula is C41H72O5. The van der Waals surface area contributed by atoms with Crippen LogP contribution in [-0.2, 0) is 19.1 Å². The van der Waals surface area contributed by atoms with E-state index in [1.54, 1.807) is 0 Å². The monoisotopic (exact) mass is 645 g/mol. The first-order chi connectivity index (χ1) is 22.6. The van der Waals surface area contributed by atoms with Crippen LogP contribution in [0.3, 0.4) is 0 Å². The molecule has 1 N–H and O–H groups in total. The number of allylic oxidation sites excluding steroid dienone is 8. The maximum Gasteiger partial charge on any atom is 0.306 e. The molecule has 0 aliphatic heterocycles. The number of carbonyl (C=O) groups is 2. The summed E-state index contributed by atoms with van der Waals surface area (Å²) in [6.45, 7) is 4.07. The van der Waals surface area contributed by atoms with Crippen LogP contribution in [0.25, 0.3) is 0 Å². The zero-order valence-corrected chi connectivity index (χ0v) is 30.1. The van der Waals surface area contributed by atoms with Gasteiger partial charge in [-0.15, -0.1) is 0 Å². The van der Waals surface area contributed by atoms with E-state index in [4.69, 9.17) is 9.47 Å². The zero-order chi connectivity index (χ0) is 33.6. The van der Waals surface area contributed by atoms with Gasteiger partial charge in [0, 0.05) is 12.8 Å². The third-order valence-electron chi connectivity index (χ3n) is 8.10. The number of aliphatic hydroxyl groups is 1. The molecule has 0 spiro atoms. The molecule has 1 atom stereocenters. The lowest BCUT2D eigenvalue weighted by Crippen LogP contribution is -2.28. The van der Waals surface area contributed by atoms with Crippen molar-refractivity contribution >= 4 is 11.9 Å². The highest BCUT2D eigenvalue weighted by molar-refractivity contribution is 5.70. The van der Waals surface area contributed by atoms with Crippen molar-refractivity contribution in [1.82, 2.24) is 0 Å². The quantitative estimate of drug-likeness (QED) is 0.0429. The number of ether oxygens (including phenoxy) is 2. The predicted octanol–water partition coefficient (Wildman–Crippen LogP) is 11.8. The Balaban J connectivity index is 3.63. The fourth-order valence-corrected chi connectivity index (χ4v) is 5.14. The van der Waals surface area contributed by atoms with Crippen molar-refractivity contribution in [3.8, 4) is 0 Å². The maximum atomic E-state index is 12.1.